The standard InChI is InChI=1S/C26H18NO2P/c1-5-13-23-19(9-1)17-18-20-10-2-6-14-24(20)27(23)30-28-25-15-7-3-11-21(25)22-12-4-8-16-26(22)29-30/h1-18H. The van der Waals surface area contributed by atoms with Crippen molar-refractivity contribution in [2.75, 3.05) is 4.67 Å². The van der Waals surface area contributed by atoms with Gasteiger partial charge in [0.2, 0.25) is 0 Å². The minimum atomic E-state index is -1.49. The van der Waals surface area contributed by atoms with Crippen LogP contribution in [-0.4, -0.2) is 0 Å². The molecule has 0 fully saturated rings. The fourth-order valence-corrected chi connectivity index (χ4v) is 5.51. The van der Waals surface area contributed by atoms with Crippen LogP contribution in [0.15, 0.2) is 105 Å². The van der Waals surface area contributed by atoms with Gasteiger partial charge in [-0.25, -0.2) is 4.67 Å². The third-order valence-corrected chi connectivity index (χ3v) is 6.82. The quantitative estimate of drug-likeness (QED) is 0.274. The van der Waals surface area contributed by atoms with Crippen molar-refractivity contribution < 1.29 is 8.39 Å². The van der Waals surface area contributed by atoms with E-state index in [1.165, 1.54) is 0 Å². The van der Waals surface area contributed by atoms with E-state index in [2.05, 4.69) is 77.5 Å². The van der Waals surface area contributed by atoms with E-state index in [4.69, 9.17) is 8.39 Å². The summed E-state index contributed by atoms with van der Waals surface area (Å²) in [6, 6.07) is 33.0. The SMILES string of the molecule is C1=Cc2ccccc2N(p2oc3ccccc3c3ccccc3o2)c2ccccc21. The Kier molecular flexibility index (Phi) is 4.00. The highest BCUT2D eigenvalue weighted by Gasteiger charge is 2.23. The molecule has 0 saturated carbocycles. The predicted molar refractivity (Wildman–Crippen MR) is 126 cm³/mol. The average molecular weight is 407 g/mol. The van der Waals surface area contributed by atoms with Crippen LogP contribution in [0.2, 0.25) is 0 Å². The monoisotopic (exact) mass is 407 g/mol. The fraction of sp³-hybridized carbons (Fsp3) is 0. The number of rotatable bonds is 1. The lowest BCUT2D eigenvalue weighted by Gasteiger charge is -2.22. The molecule has 1 aromatic heterocycles. The van der Waals surface area contributed by atoms with Crippen molar-refractivity contribution in [1.82, 2.24) is 0 Å². The molecule has 1 aliphatic heterocycles. The van der Waals surface area contributed by atoms with Crippen LogP contribution in [-0.2, 0) is 0 Å². The number of fused-ring (bicyclic) bond motifs is 5. The Morgan fingerprint density at radius 1 is 0.500 bits per heavy atom. The molecule has 30 heavy (non-hydrogen) atoms. The summed E-state index contributed by atoms with van der Waals surface area (Å²) in [5.41, 5.74) is 6.08. The van der Waals surface area contributed by atoms with E-state index >= 15 is 0 Å². The summed E-state index contributed by atoms with van der Waals surface area (Å²) in [4.78, 5) is 0. The highest BCUT2D eigenvalue weighted by atomic mass is 31.1. The van der Waals surface area contributed by atoms with Crippen LogP contribution in [0.4, 0.5) is 11.4 Å². The van der Waals surface area contributed by atoms with Crippen molar-refractivity contribution in [2.24, 2.45) is 0 Å². The molecule has 144 valence electrons. The molecule has 5 aromatic rings. The van der Waals surface area contributed by atoms with E-state index in [0.717, 1.165) is 44.4 Å². The van der Waals surface area contributed by atoms with Gasteiger partial charge in [-0.1, -0.05) is 84.9 Å². The Labute approximate surface area is 175 Å². The second-order valence-corrected chi connectivity index (χ2v) is 8.42. The first-order valence-corrected chi connectivity index (χ1v) is 11.0. The van der Waals surface area contributed by atoms with Crippen molar-refractivity contribution >= 4 is 53.6 Å². The summed E-state index contributed by atoms with van der Waals surface area (Å²) in [6.07, 6.45) is 4.31. The molecule has 0 saturated heterocycles. The van der Waals surface area contributed by atoms with Gasteiger partial charge in [-0.3, -0.25) is 0 Å². The topological polar surface area (TPSA) is 29.5 Å². The number of anilines is 2. The number of benzene rings is 4. The van der Waals surface area contributed by atoms with Crippen molar-refractivity contribution in [3.8, 4) is 0 Å². The van der Waals surface area contributed by atoms with Gasteiger partial charge < -0.3 is 8.39 Å². The molecule has 0 unspecified atom stereocenters. The smallest absolute Gasteiger partial charge is 0.346 e. The first-order chi connectivity index (χ1) is 14.9. The molecule has 0 atom stereocenters. The van der Waals surface area contributed by atoms with E-state index in [1.807, 2.05) is 36.4 Å². The van der Waals surface area contributed by atoms with E-state index in [1.54, 1.807) is 0 Å². The second-order valence-electron chi connectivity index (χ2n) is 7.18. The van der Waals surface area contributed by atoms with Gasteiger partial charge in [0.05, 0.1) is 11.4 Å². The molecule has 0 N–H and O–H groups in total. The van der Waals surface area contributed by atoms with E-state index < -0.39 is 8.16 Å². The number of hydrogen-bond donors (Lipinski definition) is 0. The summed E-state index contributed by atoms with van der Waals surface area (Å²) >= 11 is 0. The Balaban J connectivity index is 1.75. The number of para-hydroxylation sites is 4. The highest BCUT2D eigenvalue weighted by Crippen LogP contribution is 2.49. The maximum atomic E-state index is 6.59. The van der Waals surface area contributed by atoms with Crippen molar-refractivity contribution in [3.05, 3.63) is 108 Å². The zero-order valence-corrected chi connectivity index (χ0v) is 17.0. The minimum Gasteiger partial charge on any atom is -0.404 e. The average Bonchev–Trinajstić information content (AvgIpc) is 3.07. The van der Waals surface area contributed by atoms with Gasteiger partial charge in [-0.05, 0) is 35.4 Å². The zero-order chi connectivity index (χ0) is 19.9. The second kappa shape index (κ2) is 6.98. The first kappa shape index (κ1) is 17.2. The zero-order valence-electron chi connectivity index (χ0n) is 16.1. The van der Waals surface area contributed by atoms with Gasteiger partial charge >= 0.3 is 8.16 Å². The summed E-state index contributed by atoms with van der Waals surface area (Å²) in [7, 11) is -1.49. The van der Waals surface area contributed by atoms with Crippen LogP contribution >= 0.6 is 8.16 Å². The molecule has 0 spiro atoms. The van der Waals surface area contributed by atoms with Crippen molar-refractivity contribution in [2.45, 2.75) is 0 Å². The summed E-state index contributed by atoms with van der Waals surface area (Å²) < 4.78 is 15.4. The van der Waals surface area contributed by atoms with Crippen LogP contribution in [0.1, 0.15) is 11.1 Å². The molecule has 3 nitrogen and oxygen atoms in total. The molecule has 0 aliphatic carbocycles. The maximum Gasteiger partial charge on any atom is 0.346 e. The number of hydrogen-bond acceptors (Lipinski definition) is 3. The molecule has 4 heteroatoms. The highest BCUT2D eigenvalue weighted by molar-refractivity contribution is 7.40. The molecule has 2 heterocycles. The largest absolute Gasteiger partial charge is 0.404 e. The van der Waals surface area contributed by atoms with Gasteiger partial charge in [0.25, 0.3) is 0 Å². The summed E-state index contributed by atoms with van der Waals surface area (Å²) in [6.45, 7) is 0. The van der Waals surface area contributed by atoms with E-state index in [0.29, 0.717) is 0 Å². The van der Waals surface area contributed by atoms with Crippen LogP contribution < -0.4 is 4.67 Å². The molecule has 1 aliphatic rings. The van der Waals surface area contributed by atoms with Crippen molar-refractivity contribution in [1.29, 1.82) is 0 Å². The molecular formula is C26H18NO2P. The molecular weight excluding hydrogens is 389 g/mol. The summed E-state index contributed by atoms with van der Waals surface area (Å²) in [5.74, 6) is 0. The van der Waals surface area contributed by atoms with E-state index in [-0.39, 0.29) is 0 Å². The third kappa shape index (κ3) is 2.75. The molecule has 0 bridgehead atoms. The lowest BCUT2D eigenvalue weighted by Crippen LogP contribution is -2.07. The van der Waals surface area contributed by atoms with Gasteiger partial charge in [0.15, 0.2) is 0 Å². The Bertz CT molecular complexity index is 1360. The molecule has 6 rings (SSSR count). The Morgan fingerprint density at radius 3 is 1.47 bits per heavy atom. The predicted octanol–water partition coefficient (Wildman–Crippen LogP) is 8.38. The maximum absolute atomic E-state index is 6.59. The van der Waals surface area contributed by atoms with Gasteiger partial charge in [0.1, 0.15) is 11.2 Å². The van der Waals surface area contributed by atoms with Crippen LogP contribution in [0.5, 0.6) is 0 Å². The lowest BCUT2D eigenvalue weighted by atomic mass is 10.1. The molecule has 0 radical (unpaired) electrons. The van der Waals surface area contributed by atoms with Gasteiger partial charge in [-0.2, -0.15) is 0 Å². The third-order valence-electron chi connectivity index (χ3n) is 5.35. The first-order valence-electron chi connectivity index (χ1n) is 9.89. The van der Waals surface area contributed by atoms with Crippen LogP contribution in [0.3, 0.4) is 0 Å². The number of nitrogens with zero attached hydrogens (tertiary/aromatic N) is 1. The minimum absolute atomic E-state index is 0.834. The fourth-order valence-electron chi connectivity index (χ4n) is 3.93. The van der Waals surface area contributed by atoms with Gasteiger partial charge in [-0.15, -0.1) is 0 Å². The van der Waals surface area contributed by atoms with E-state index in [9.17, 15) is 0 Å². The lowest BCUT2D eigenvalue weighted by molar-refractivity contribution is 0.640. The Hall–Kier alpha value is -3.68. The molecule has 4 aromatic carbocycles. The Morgan fingerprint density at radius 2 is 0.933 bits per heavy atom. The normalized spacial score (nSPS) is 12.5. The van der Waals surface area contributed by atoms with Crippen LogP contribution in [0, 0.1) is 0 Å². The summed E-state index contributed by atoms with van der Waals surface area (Å²) in [5, 5.41) is 2.10. The van der Waals surface area contributed by atoms with Gasteiger partial charge in [0, 0.05) is 10.8 Å². The molecule has 0 amide bonds. The van der Waals surface area contributed by atoms with Crippen molar-refractivity contribution in [3.63, 3.8) is 0 Å². The van der Waals surface area contributed by atoms with Crippen LogP contribution in [0.25, 0.3) is 34.1 Å².